The van der Waals surface area contributed by atoms with Gasteiger partial charge in [-0.2, -0.15) is 0 Å². The van der Waals surface area contributed by atoms with Crippen molar-refractivity contribution < 1.29 is 19.5 Å². The number of halogens is 1. The minimum atomic E-state index is -1.20. The summed E-state index contributed by atoms with van der Waals surface area (Å²) < 4.78 is 0. The summed E-state index contributed by atoms with van der Waals surface area (Å²) in [6, 6.07) is -0.450. The summed E-state index contributed by atoms with van der Waals surface area (Å²) in [5.74, 6) is -0.849. The Bertz CT molecular complexity index is 570. The summed E-state index contributed by atoms with van der Waals surface area (Å²) >= 11 is 0. The van der Waals surface area contributed by atoms with Gasteiger partial charge in [-0.3, -0.25) is 14.5 Å². The number of carboxylic acids is 1. The highest BCUT2D eigenvalue weighted by atomic mass is 35.5. The molecule has 2 fully saturated rings. The van der Waals surface area contributed by atoms with Crippen molar-refractivity contribution >= 4 is 36.3 Å². The van der Waals surface area contributed by atoms with E-state index in [2.05, 4.69) is 20.9 Å². The molecular formula is C15H24ClN5O4. The number of carbonyl (C=O) groups excluding carboxylic acids is 2. The molecule has 0 radical (unpaired) electrons. The number of nitrogens with one attached hydrogen (secondary N) is 3. The van der Waals surface area contributed by atoms with Crippen molar-refractivity contribution in [3.05, 3.63) is 0 Å². The van der Waals surface area contributed by atoms with Crippen LogP contribution >= 0.6 is 12.4 Å². The van der Waals surface area contributed by atoms with Crippen LogP contribution in [-0.4, -0.2) is 65.1 Å². The standard InChI is InChI=1S/C15H23N5O4.ClH/c21-12(22)8-20-13(23)11(19-15(20)24)6-3-7-16-14-17-9-4-1-2-5-10(9)18-14;/h9-11H,1-8H2,(H,19,24)(H,21,22)(H2,16,17,18);1H/t9-,10+,11-;/m0./s1. The highest BCUT2D eigenvalue weighted by Crippen LogP contribution is 2.24. The third-order valence-electron chi connectivity index (χ3n) is 4.71. The Morgan fingerprint density at radius 3 is 2.76 bits per heavy atom. The number of nitrogens with zero attached hydrogens (tertiary/aromatic N) is 2. The first-order valence-electron chi connectivity index (χ1n) is 8.46. The van der Waals surface area contributed by atoms with E-state index in [1.807, 2.05) is 0 Å². The molecule has 0 aromatic carbocycles. The summed E-state index contributed by atoms with van der Waals surface area (Å²) in [5.41, 5.74) is 0. The average molecular weight is 374 g/mol. The topological polar surface area (TPSA) is 123 Å². The molecule has 3 amide bonds. The molecule has 1 saturated carbocycles. The van der Waals surface area contributed by atoms with Crippen molar-refractivity contribution in [2.75, 3.05) is 13.1 Å². The number of aliphatic carboxylic acids is 1. The lowest BCUT2D eigenvalue weighted by Gasteiger charge is -2.23. The Labute approximate surface area is 152 Å². The minimum Gasteiger partial charge on any atom is -0.480 e. The predicted octanol–water partition coefficient (Wildman–Crippen LogP) is 0.0534. The van der Waals surface area contributed by atoms with Gasteiger partial charge in [-0.25, -0.2) is 9.79 Å². The fourth-order valence-corrected chi connectivity index (χ4v) is 3.48. The van der Waals surface area contributed by atoms with Crippen LogP contribution in [0, 0.1) is 0 Å². The summed E-state index contributed by atoms with van der Waals surface area (Å²) in [5, 5.41) is 17.9. The van der Waals surface area contributed by atoms with E-state index in [-0.39, 0.29) is 12.4 Å². The Balaban J connectivity index is 0.00000225. The molecule has 0 spiro atoms. The number of carboxylic acid groups (broad SMARTS) is 1. The fraction of sp³-hybridized carbons (Fsp3) is 0.733. The summed E-state index contributed by atoms with van der Waals surface area (Å²) in [6.07, 6.45) is 5.90. The minimum absolute atomic E-state index is 0. The third kappa shape index (κ3) is 4.53. The van der Waals surface area contributed by atoms with Crippen LogP contribution in [0.3, 0.4) is 0 Å². The van der Waals surface area contributed by atoms with Gasteiger partial charge in [-0.1, -0.05) is 12.8 Å². The van der Waals surface area contributed by atoms with Crippen molar-refractivity contribution in [1.29, 1.82) is 0 Å². The zero-order valence-electron chi connectivity index (χ0n) is 13.9. The van der Waals surface area contributed by atoms with E-state index in [1.54, 1.807) is 0 Å². The van der Waals surface area contributed by atoms with Crippen LogP contribution in [0.4, 0.5) is 4.79 Å². The van der Waals surface area contributed by atoms with Gasteiger partial charge in [0.05, 0.1) is 12.1 Å². The molecule has 9 nitrogen and oxygen atoms in total. The van der Waals surface area contributed by atoms with Crippen LogP contribution < -0.4 is 16.0 Å². The first-order valence-corrected chi connectivity index (χ1v) is 8.46. The Hall–Kier alpha value is -2.03. The first-order chi connectivity index (χ1) is 11.5. The monoisotopic (exact) mass is 373 g/mol. The number of amides is 3. The molecule has 1 aliphatic carbocycles. The average Bonchev–Trinajstić information content (AvgIpc) is 3.07. The maximum atomic E-state index is 12.0. The molecule has 1 saturated heterocycles. The van der Waals surface area contributed by atoms with E-state index < -0.39 is 30.5 Å². The molecule has 3 atom stereocenters. The molecule has 0 aromatic heterocycles. The molecule has 0 bridgehead atoms. The third-order valence-corrected chi connectivity index (χ3v) is 4.71. The highest BCUT2D eigenvalue weighted by molar-refractivity contribution is 6.05. The SMILES string of the molecule is Cl.O=C(O)CN1C(=O)N[C@@H](CCCNC2=N[C@@H]3CCCC[C@@H]3N2)C1=O. The normalized spacial score (nSPS) is 27.8. The molecular weight excluding hydrogens is 350 g/mol. The largest absolute Gasteiger partial charge is 0.480 e. The van der Waals surface area contributed by atoms with E-state index in [1.165, 1.54) is 12.8 Å². The predicted molar refractivity (Wildman–Crippen MR) is 92.8 cm³/mol. The van der Waals surface area contributed by atoms with Crippen LogP contribution in [0.2, 0.25) is 0 Å². The highest BCUT2D eigenvalue weighted by Gasteiger charge is 2.38. The maximum absolute atomic E-state index is 12.0. The van der Waals surface area contributed by atoms with E-state index in [0.29, 0.717) is 31.5 Å². The second-order valence-corrected chi connectivity index (χ2v) is 6.47. The summed E-state index contributed by atoms with van der Waals surface area (Å²) in [7, 11) is 0. The van der Waals surface area contributed by atoms with Crippen molar-refractivity contribution in [3.8, 4) is 0 Å². The van der Waals surface area contributed by atoms with Gasteiger partial charge in [0, 0.05) is 6.54 Å². The van der Waals surface area contributed by atoms with Gasteiger partial charge < -0.3 is 21.1 Å². The second-order valence-electron chi connectivity index (χ2n) is 6.47. The molecule has 25 heavy (non-hydrogen) atoms. The Morgan fingerprint density at radius 1 is 1.28 bits per heavy atom. The lowest BCUT2D eigenvalue weighted by Crippen LogP contribution is -2.42. The Kier molecular flexibility index (Phi) is 6.46. The van der Waals surface area contributed by atoms with Gasteiger partial charge in [0.1, 0.15) is 12.6 Å². The van der Waals surface area contributed by atoms with E-state index in [0.717, 1.165) is 23.7 Å². The number of rotatable bonds is 6. The van der Waals surface area contributed by atoms with Gasteiger partial charge in [0.15, 0.2) is 5.96 Å². The number of urea groups is 1. The number of guanidine groups is 1. The van der Waals surface area contributed by atoms with Gasteiger partial charge >= 0.3 is 12.0 Å². The van der Waals surface area contributed by atoms with Gasteiger partial charge in [-0.05, 0) is 25.7 Å². The van der Waals surface area contributed by atoms with E-state index in [4.69, 9.17) is 5.11 Å². The first kappa shape index (κ1) is 19.3. The molecule has 4 N–H and O–H groups in total. The molecule has 2 heterocycles. The van der Waals surface area contributed by atoms with Gasteiger partial charge in [0.2, 0.25) is 0 Å². The van der Waals surface area contributed by atoms with Crippen LogP contribution in [0.1, 0.15) is 38.5 Å². The van der Waals surface area contributed by atoms with Crippen LogP contribution in [0.25, 0.3) is 0 Å². The molecule has 3 rings (SSSR count). The van der Waals surface area contributed by atoms with Crippen molar-refractivity contribution in [2.45, 2.75) is 56.7 Å². The second kappa shape index (κ2) is 8.37. The number of hydrogen-bond acceptors (Lipinski definition) is 6. The number of aliphatic imine (C=N–C) groups is 1. The molecule has 10 heteroatoms. The molecule has 140 valence electrons. The molecule has 2 aliphatic heterocycles. The molecule has 3 aliphatic rings. The molecule has 0 aromatic rings. The molecule has 0 unspecified atom stereocenters. The lowest BCUT2D eigenvalue weighted by atomic mass is 9.92. The van der Waals surface area contributed by atoms with Crippen molar-refractivity contribution in [2.24, 2.45) is 4.99 Å². The van der Waals surface area contributed by atoms with Gasteiger partial charge in [-0.15, -0.1) is 12.4 Å². The van der Waals surface area contributed by atoms with Crippen LogP contribution in [-0.2, 0) is 9.59 Å². The van der Waals surface area contributed by atoms with Crippen LogP contribution in [0.15, 0.2) is 4.99 Å². The zero-order chi connectivity index (χ0) is 17.1. The fourth-order valence-electron chi connectivity index (χ4n) is 3.48. The number of fused-ring (bicyclic) bond motifs is 1. The number of imide groups is 1. The summed E-state index contributed by atoms with van der Waals surface area (Å²) in [4.78, 5) is 39.6. The van der Waals surface area contributed by atoms with E-state index in [9.17, 15) is 14.4 Å². The quantitative estimate of drug-likeness (QED) is 0.385. The lowest BCUT2D eigenvalue weighted by molar-refractivity contribution is -0.141. The van der Waals surface area contributed by atoms with Crippen molar-refractivity contribution in [3.63, 3.8) is 0 Å². The van der Waals surface area contributed by atoms with Crippen LogP contribution in [0.5, 0.6) is 0 Å². The number of carbonyl (C=O) groups is 3. The maximum Gasteiger partial charge on any atom is 0.325 e. The Morgan fingerprint density at radius 2 is 2.04 bits per heavy atom. The van der Waals surface area contributed by atoms with E-state index >= 15 is 0 Å². The number of hydrogen-bond donors (Lipinski definition) is 4. The smallest absolute Gasteiger partial charge is 0.325 e. The summed E-state index contributed by atoms with van der Waals surface area (Å²) in [6.45, 7) is 0.0484. The van der Waals surface area contributed by atoms with Gasteiger partial charge in [0.25, 0.3) is 5.91 Å². The van der Waals surface area contributed by atoms with Crippen molar-refractivity contribution in [1.82, 2.24) is 20.9 Å². The zero-order valence-corrected chi connectivity index (χ0v) is 14.7.